The van der Waals surface area contributed by atoms with E-state index in [1.165, 1.54) is 4.40 Å². The molecule has 20 heavy (non-hydrogen) atoms. The largest absolute Gasteiger partial charge is 0.389 e. The summed E-state index contributed by atoms with van der Waals surface area (Å²) in [5, 5.41) is 9.97. The van der Waals surface area contributed by atoms with Crippen LogP contribution in [0.15, 0.2) is 33.7 Å². The lowest BCUT2D eigenvalue weighted by atomic mass is 10.1. The maximum Gasteiger partial charge on any atom is 0.258 e. The zero-order chi connectivity index (χ0) is 14.3. The van der Waals surface area contributed by atoms with Gasteiger partial charge in [0, 0.05) is 36.4 Å². The second kappa shape index (κ2) is 4.95. The second-order valence-corrected chi connectivity index (χ2v) is 6.53. The summed E-state index contributed by atoms with van der Waals surface area (Å²) in [6, 6.07) is 5.24. The number of β-amino-alcohol motifs (C(OH)–C–C–N with tert-alkyl or cyclic N) is 1. The van der Waals surface area contributed by atoms with Gasteiger partial charge >= 0.3 is 0 Å². The molecule has 2 aromatic rings. The van der Waals surface area contributed by atoms with Crippen molar-refractivity contribution in [1.29, 1.82) is 0 Å². The number of pyridine rings is 1. The lowest BCUT2D eigenvalue weighted by Crippen LogP contribution is -2.30. The smallest absolute Gasteiger partial charge is 0.258 e. The summed E-state index contributed by atoms with van der Waals surface area (Å²) in [5.41, 5.74) is 0.672. The van der Waals surface area contributed by atoms with Crippen molar-refractivity contribution in [3.05, 3.63) is 44.9 Å². The minimum absolute atomic E-state index is 0.0859. The van der Waals surface area contributed by atoms with E-state index in [0.717, 1.165) is 23.1 Å². The standard InChI is InChI=1S/C14H16BrN3O2/c1-14(20)4-5-17(9-14)8-11-6-13(19)18-7-10(15)2-3-12(18)16-11/h2-3,6-7,20H,4-5,8-9H2,1H3. The number of fused-ring (bicyclic) bond motifs is 1. The molecule has 1 unspecified atom stereocenters. The zero-order valence-corrected chi connectivity index (χ0v) is 12.8. The van der Waals surface area contributed by atoms with Crippen LogP contribution in [0.5, 0.6) is 0 Å². The van der Waals surface area contributed by atoms with Gasteiger partial charge < -0.3 is 5.11 Å². The molecule has 1 aliphatic rings. The van der Waals surface area contributed by atoms with Crippen LogP contribution in [-0.2, 0) is 6.54 Å². The molecule has 5 nitrogen and oxygen atoms in total. The normalized spacial score (nSPS) is 23.6. The summed E-state index contributed by atoms with van der Waals surface area (Å²) >= 11 is 3.35. The lowest BCUT2D eigenvalue weighted by Gasteiger charge is -2.18. The van der Waals surface area contributed by atoms with E-state index in [1.54, 1.807) is 12.3 Å². The van der Waals surface area contributed by atoms with Crippen LogP contribution >= 0.6 is 15.9 Å². The molecule has 0 spiro atoms. The van der Waals surface area contributed by atoms with Crippen molar-refractivity contribution < 1.29 is 5.11 Å². The fourth-order valence-electron chi connectivity index (χ4n) is 2.61. The van der Waals surface area contributed by atoms with Gasteiger partial charge in [0.2, 0.25) is 0 Å². The maximum absolute atomic E-state index is 12.1. The number of rotatable bonds is 2. The molecular formula is C14H16BrN3O2. The van der Waals surface area contributed by atoms with Crippen LogP contribution in [0.25, 0.3) is 5.65 Å². The highest BCUT2D eigenvalue weighted by Gasteiger charge is 2.31. The van der Waals surface area contributed by atoms with E-state index < -0.39 is 5.60 Å². The number of halogens is 1. The SMILES string of the molecule is CC1(O)CCN(Cc2cc(=O)n3cc(Br)ccc3n2)C1. The predicted molar refractivity (Wildman–Crippen MR) is 79.7 cm³/mol. The summed E-state index contributed by atoms with van der Waals surface area (Å²) in [6.07, 6.45) is 2.47. The molecule has 3 rings (SSSR count). The molecule has 106 valence electrons. The number of likely N-dealkylation sites (tertiary alicyclic amines) is 1. The summed E-state index contributed by atoms with van der Waals surface area (Å²) in [5.74, 6) is 0. The van der Waals surface area contributed by atoms with E-state index in [0.29, 0.717) is 18.7 Å². The lowest BCUT2D eigenvalue weighted by molar-refractivity contribution is 0.0677. The Morgan fingerprint density at radius 3 is 3.00 bits per heavy atom. The first-order valence-corrected chi connectivity index (χ1v) is 7.35. The Bertz CT molecular complexity index is 711. The number of nitrogens with zero attached hydrogens (tertiary/aromatic N) is 3. The Labute approximate surface area is 125 Å². The first-order valence-electron chi connectivity index (χ1n) is 6.56. The topological polar surface area (TPSA) is 57.8 Å². The molecular weight excluding hydrogens is 322 g/mol. The van der Waals surface area contributed by atoms with Crippen molar-refractivity contribution in [3.8, 4) is 0 Å². The van der Waals surface area contributed by atoms with Crippen LogP contribution in [0, 0.1) is 0 Å². The summed E-state index contributed by atoms with van der Waals surface area (Å²) in [7, 11) is 0. The Balaban J connectivity index is 1.90. The van der Waals surface area contributed by atoms with Gasteiger partial charge in [0.25, 0.3) is 5.56 Å². The molecule has 6 heteroatoms. The molecule has 1 atom stereocenters. The molecule has 0 aromatic carbocycles. The Hall–Kier alpha value is -1.24. The van der Waals surface area contributed by atoms with Crippen molar-refractivity contribution in [1.82, 2.24) is 14.3 Å². The summed E-state index contributed by atoms with van der Waals surface area (Å²) < 4.78 is 2.37. The van der Waals surface area contributed by atoms with Crippen LogP contribution in [0.3, 0.4) is 0 Å². The van der Waals surface area contributed by atoms with Crippen molar-refractivity contribution in [2.45, 2.75) is 25.5 Å². The van der Waals surface area contributed by atoms with E-state index in [-0.39, 0.29) is 5.56 Å². The van der Waals surface area contributed by atoms with Crippen molar-refractivity contribution in [3.63, 3.8) is 0 Å². The Kier molecular flexibility index (Phi) is 3.40. The summed E-state index contributed by atoms with van der Waals surface area (Å²) in [6.45, 7) is 3.88. The molecule has 0 saturated carbocycles. The average molecular weight is 338 g/mol. The minimum Gasteiger partial charge on any atom is -0.389 e. The van der Waals surface area contributed by atoms with Gasteiger partial charge in [-0.15, -0.1) is 0 Å². The monoisotopic (exact) mass is 337 g/mol. The average Bonchev–Trinajstić information content (AvgIpc) is 2.70. The molecule has 1 saturated heterocycles. The van der Waals surface area contributed by atoms with Gasteiger partial charge in [-0.25, -0.2) is 4.98 Å². The van der Waals surface area contributed by atoms with Gasteiger partial charge in [-0.3, -0.25) is 14.1 Å². The predicted octanol–water partition coefficient (Wildman–Crippen LogP) is 1.41. The Morgan fingerprint density at radius 2 is 2.30 bits per heavy atom. The van der Waals surface area contributed by atoms with Crippen molar-refractivity contribution >= 4 is 21.6 Å². The van der Waals surface area contributed by atoms with Gasteiger partial charge in [0.1, 0.15) is 5.65 Å². The van der Waals surface area contributed by atoms with Crippen molar-refractivity contribution in [2.24, 2.45) is 0 Å². The van der Waals surface area contributed by atoms with E-state index in [9.17, 15) is 9.90 Å². The molecule has 0 aliphatic carbocycles. The third kappa shape index (κ3) is 2.77. The molecule has 3 heterocycles. The number of hydrogen-bond donors (Lipinski definition) is 1. The molecule has 0 amide bonds. The van der Waals surface area contributed by atoms with E-state index >= 15 is 0 Å². The Morgan fingerprint density at radius 1 is 1.50 bits per heavy atom. The van der Waals surface area contributed by atoms with Gasteiger partial charge in [0.15, 0.2) is 0 Å². The highest BCUT2D eigenvalue weighted by Crippen LogP contribution is 2.21. The molecule has 1 N–H and O–H groups in total. The highest BCUT2D eigenvalue weighted by molar-refractivity contribution is 9.10. The van der Waals surface area contributed by atoms with Gasteiger partial charge in [-0.05, 0) is 41.4 Å². The quantitative estimate of drug-likeness (QED) is 0.900. The van der Waals surface area contributed by atoms with Crippen LogP contribution in [0.2, 0.25) is 0 Å². The van der Waals surface area contributed by atoms with Crippen LogP contribution < -0.4 is 5.56 Å². The number of hydrogen-bond acceptors (Lipinski definition) is 4. The van der Waals surface area contributed by atoms with E-state index in [1.807, 2.05) is 19.1 Å². The van der Waals surface area contributed by atoms with E-state index in [4.69, 9.17) is 0 Å². The molecule has 2 aromatic heterocycles. The molecule has 0 bridgehead atoms. The van der Waals surface area contributed by atoms with Gasteiger partial charge in [-0.1, -0.05) is 0 Å². The van der Waals surface area contributed by atoms with E-state index in [2.05, 4.69) is 25.8 Å². The van der Waals surface area contributed by atoms with Crippen molar-refractivity contribution in [2.75, 3.05) is 13.1 Å². The maximum atomic E-state index is 12.1. The number of aromatic nitrogens is 2. The zero-order valence-electron chi connectivity index (χ0n) is 11.2. The fraction of sp³-hybridized carbons (Fsp3) is 0.429. The first kappa shape index (κ1) is 13.7. The van der Waals surface area contributed by atoms with Gasteiger partial charge in [0.05, 0.1) is 11.3 Å². The second-order valence-electron chi connectivity index (χ2n) is 5.62. The number of aliphatic hydroxyl groups is 1. The highest BCUT2D eigenvalue weighted by atomic mass is 79.9. The summed E-state index contributed by atoms with van der Waals surface area (Å²) in [4.78, 5) is 18.7. The van der Waals surface area contributed by atoms with Crippen LogP contribution in [0.4, 0.5) is 0 Å². The fourth-order valence-corrected chi connectivity index (χ4v) is 2.95. The van der Waals surface area contributed by atoms with Crippen LogP contribution in [0.1, 0.15) is 19.0 Å². The third-order valence-electron chi connectivity index (χ3n) is 3.59. The molecule has 1 aliphatic heterocycles. The molecule has 0 radical (unpaired) electrons. The third-order valence-corrected chi connectivity index (χ3v) is 4.06. The first-order chi connectivity index (χ1) is 9.43. The van der Waals surface area contributed by atoms with Crippen LogP contribution in [-0.4, -0.2) is 38.1 Å². The molecule has 1 fully saturated rings. The van der Waals surface area contributed by atoms with Gasteiger partial charge in [-0.2, -0.15) is 0 Å². The minimum atomic E-state index is -0.628.